The van der Waals surface area contributed by atoms with Crippen LogP contribution in [-0.4, -0.2) is 29.7 Å². The van der Waals surface area contributed by atoms with Crippen molar-refractivity contribution in [2.45, 2.75) is 45.0 Å². The van der Waals surface area contributed by atoms with Gasteiger partial charge in [0.05, 0.1) is 0 Å². The lowest BCUT2D eigenvalue weighted by molar-refractivity contribution is -0.177. The Kier molecular flexibility index (Phi) is 7.61. The first kappa shape index (κ1) is 21.5. The fourth-order valence-electron chi connectivity index (χ4n) is 1.85. The Morgan fingerprint density at radius 1 is 1.12 bits per heavy atom. The Hall–Kier alpha value is -2.57. The normalized spacial score (nSPS) is 13.8. The molecule has 1 rings (SSSR count). The number of rotatable bonds is 6. The summed E-state index contributed by atoms with van der Waals surface area (Å²) >= 11 is 0. The number of hydrogen-bond donors (Lipinski definition) is 1. The average molecular weight is 369 g/mol. The van der Waals surface area contributed by atoms with Crippen molar-refractivity contribution in [1.29, 1.82) is 0 Å². The third-order valence-corrected chi connectivity index (χ3v) is 2.96. The Morgan fingerprint density at radius 2 is 1.73 bits per heavy atom. The van der Waals surface area contributed by atoms with E-state index in [0.717, 1.165) is 5.56 Å². The first-order valence-electron chi connectivity index (χ1n) is 7.98. The minimum Gasteiger partial charge on any atom is -0.458 e. The molecule has 1 atom stereocenters. The van der Waals surface area contributed by atoms with Gasteiger partial charge in [-0.1, -0.05) is 54.6 Å². The maximum atomic E-state index is 12.4. The van der Waals surface area contributed by atoms with E-state index in [0.29, 0.717) is 0 Å². The van der Waals surface area contributed by atoms with Crippen molar-refractivity contribution in [2.75, 3.05) is 0 Å². The van der Waals surface area contributed by atoms with E-state index < -0.39 is 29.7 Å². The van der Waals surface area contributed by atoms with Crippen LogP contribution in [0.5, 0.6) is 0 Å². The Bertz CT molecular complexity index is 659. The molecule has 0 aliphatic heterocycles. The molecule has 0 saturated carbocycles. The van der Waals surface area contributed by atoms with Crippen molar-refractivity contribution in [3.8, 4) is 0 Å². The van der Waals surface area contributed by atoms with Crippen LogP contribution in [0.3, 0.4) is 0 Å². The van der Waals surface area contributed by atoms with Gasteiger partial charge in [0, 0.05) is 0 Å². The molecule has 1 aromatic rings. The van der Waals surface area contributed by atoms with Gasteiger partial charge in [-0.15, -0.1) is 0 Å². The number of benzene rings is 1. The van der Waals surface area contributed by atoms with Crippen molar-refractivity contribution in [3.05, 3.63) is 54.1 Å². The zero-order valence-electron chi connectivity index (χ0n) is 14.8. The molecule has 7 heteroatoms. The van der Waals surface area contributed by atoms with Crippen LogP contribution in [0.25, 0.3) is 6.08 Å². The Balaban J connectivity index is 2.74. The van der Waals surface area contributed by atoms with Crippen molar-refractivity contribution in [3.63, 3.8) is 0 Å². The monoisotopic (exact) mass is 369 g/mol. The van der Waals surface area contributed by atoms with Crippen LogP contribution in [0.4, 0.5) is 13.2 Å². The van der Waals surface area contributed by atoms with E-state index in [2.05, 4.69) is 0 Å². The third kappa shape index (κ3) is 8.50. The minimum atomic E-state index is -5.07. The van der Waals surface area contributed by atoms with Gasteiger partial charge in [0.1, 0.15) is 11.6 Å². The number of ether oxygens (including phenoxy) is 1. The standard InChI is InChI=1S/C19H22F3NO3/c1-18(2,3)26-16(24)15(23-17(25)19(20,21)22)13-9-5-8-12-14-10-6-4-7-11-14/h4-12,15H,13H2,1-3H3,(H,23,25)/b9-5+,12-8+. The lowest BCUT2D eigenvalue weighted by atomic mass is 10.1. The average Bonchev–Trinajstić information content (AvgIpc) is 2.51. The number of amides is 1. The highest BCUT2D eigenvalue weighted by Gasteiger charge is 2.41. The summed E-state index contributed by atoms with van der Waals surface area (Å²) in [5.41, 5.74) is 0.0705. The van der Waals surface area contributed by atoms with Crippen LogP contribution in [-0.2, 0) is 14.3 Å². The molecule has 0 radical (unpaired) electrons. The van der Waals surface area contributed by atoms with E-state index in [4.69, 9.17) is 4.74 Å². The molecule has 0 fully saturated rings. The summed E-state index contributed by atoms with van der Waals surface area (Å²) in [5.74, 6) is -3.10. The number of carbonyl (C=O) groups is 2. The van der Waals surface area contributed by atoms with E-state index in [9.17, 15) is 22.8 Å². The lowest BCUT2D eigenvalue weighted by Crippen LogP contribution is -2.48. The molecule has 4 nitrogen and oxygen atoms in total. The van der Waals surface area contributed by atoms with Crippen molar-refractivity contribution in [2.24, 2.45) is 0 Å². The van der Waals surface area contributed by atoms with E-state index in [1.165, 1.54) is 6.08 Å². The minimum absolute atomic E-state index is 0.129. The summed E-state index contributed by atoms with van der Waals surface area (Å²) in [4.78, 5) is 23.2. The van der Waals surface area contributed by atoms with E-state index in [1.807, 2.05) is 30.3 Å². The quantitative estimate of drug-likeness (QED) is 0.608. The fraction of sp³-hybridized carbons (Fsp3) is 0.368. The molecule has 1 aromatic carbocycles. The summed E-state index contributed by atoms with van der Waals surface area (Å²) < 4.78 is 42.4. The molecule has 0 heterocycles. The topological polar surface area (TPSA) is 55.4 Å². The summed E-state index contributed by atoms with van der Waals surface area (Å²) in [6.07, 6.45) is 1.36. The van der Waals surface area contributed by atoms with Crippen LogP contribution in [0.1, 0.15) is 32.8 Å². The van der Waals surface area contributed by atoms with Gasteiger partial charge in [-0.3, -0.25) is 4.79 Å². The number of hydrogen-bond acceptors (Lipinski definition) is 3. The number of esters is 1. The molecule has 142 valence electrons. The van der Waals surface area contributed by atoms with E-state index >= 15 is 0 Å². The van der Waals surface area contributed by atoms with Crippen molar-refractivity contribution < 1.29 is 27.5 Å². The molecule has 1 unspecified atom stereocenters. The van der Waals surface area contributed by atoms with Crippen LogP contribution < -0.4 is 5.32 Å². The van der Waals surface area contributed by atoms with E-state index in [1.54, 1.807) is 44.3 Å². The summed E-state index contributed by atoms with van der Waals surface area (Å²) in [6, 6.07) is 7.96. The van der Waals surface area contributed by atoms with Gasteiger partial charge in [-0.25, -0.2) is 4.79 Å². The molecule has 0 bridgehead atoms. The molecule has 0 aromatic heterocycles. The van der Waals surface area contributed by atoms with Gasteiger partial charge >= 0.3 is 18.1 Å². The highest BCUT2D eigenvalue weighted by molar-refractivity contribution is 5.87. The van der Waals surface area contributed by atoms with Crippen LogP contribution >= 0.6 is 0 Å². The lowest BCUT2D eigenvalue weighted by Gasteiger charge is -2.24. The maximum Gasteiger partial charge on any atom is 0.471 e. The number of nitrogens with one attached hydrogen (secondary N) is 1. The highest BCUT2D eigenvalue weighted by Crippen LogP contribution is 2.16. The molecule has 1 amide bonds. The molecule has 1 N–H and O–H groups in total. The second-order valence-corrected chi connectivity index (χ2v) is 6.49. The molecule has 0 aliphatic rings. The maximum absolute atomic E-state index is 12.4. The largest absolute Gasteiger partial charge is 0.471 e. The zero-order valence-corrected chi connectivity index (χ0v) is 14.8. The van der Waals surface area contributed by atoms with Gasteiger partial charge < -0.3 is 10.1 Å². The van der Waals surface area contributed by atoms with Gasteiger partial charge in [0.15, 0.2) is 0 Å². The van der Waals surface area contributed by atoms with Crippen molar-refractivity contribution >= 4 is 18.0 Å². The van der Waals surface area contributed by atoms with Gasteiger partial charge in [-0.2, -0.15) is 13.2 Å². The van der Waals surface area contributed by atoms with Gasteiger partial charge in [-0.05, 0) is 32.8 Å². The summed E-state index contributed by atoms with van der Waals surface area (Å²) in [5, 5.41) is 1.67. The van der Waals surface area contributed by atoms with Crippen LogP contribution in [0, 0.1) is 0 Å². The van der Waals surface area contributed by atoms with Gasteiger partial charge in [0.2, 0.25) is 0 Å². The van der Waals surface area contributed by atoms with Crippen LogP contribution in [0.2, 0.25) is 0 Å². The van der Waals surface area contributed by atoms with Crippen LogP contribution in [0.15, 0.2) is 48.6 Å². The molecule has 0 spiro atoms. The molecular formula is C19H22F3NO3. The Morgan fingerprint density at radius 3 is 2.27 bits per heavy atom. The zero-order chi connectivity index (χ0) is 19.8. The smallest absolute Gasteiger partial charge is 0.458 e. The number of alkyl halides is 3. The first-order chi connectivity index (χ1) is 12.0. The molecule has 0 aliphatic carbocycles. The predicted octanol–water partition coefficient (Wildman–Crippen LogP) is 4.03. The molecular weight excluding hydrogens is 347 g/mol. The first-order valence-corrected chi connectivity index (χ1v) is 7.98. The van der Waals surface area contributed by atoms with Crippen molar-refractivity contribution in [1.82, 2.24) is 5.32 Å². The third-order valence-electron chi connectivity index (χ3n) is 2.96. The second-order valence-electron chi connectivity index (χ2n) is 6.49. The van der Waals surface area contributed by atoms with E-state index in [-0.39, 0.29) is 6.42 Å². The second kappa shape index (κ2) is 9.22. The SMILES string of the molecule is CC(C)(C)OC(=O)C(C/C=C/C=C/c1ccccc1)NC(=O)C(F)(F)F. The summed E-state index contributed by atoms with van der Waals surface area (Å²) in [6.45, 7) is 4.77. The summed E-state index contributed by atoms with van der Waals surface area (Å²) in [7, 11) is 0. The molecule has 26 heavy (non-hydrogen) atoms. The highest BCUT2D eigenvalue weighted by atomic mass is 19.4. The molecule has 0 saturated heterocycles. The predicted molar refractivity (Wildman–Crippen MR) is 93.1 cm³/mol. The number of halogens is 3. The Labute approximate surface area is 150 Å². The number of allylic oxidation sites excluding steroid dienone is 2. The number of carbonyl (C=O) groups excluding carboxylic acids is 2. The fourth-order valence-corrected chi connectivity index (χ4v) is 1.85. The van der Waals surface area contributed by atoms with Gasteiger partial charge in [0.25, 0.3) is 0 Å².